The second-order valence-electron chi connectivity index (χ2n) is 11.1. The fraction of sp³-hybridized carbons (Fsp3) is 1.00. The molecule has 32 heavy (non-hydrogen) atoms. The lowest BCUT2D eigenvalue weighted by atomic mass is 9.58. The molecule has 5 aliphatic rings. The number of aliphatic hydroxyl groups is 1. The largest absolute Gasteiger partial charge is 0.396 e. The van der Waals surface area contributed by atoms with Gasteiger partial charge in [0.1, 0.15) is 5.44 Å². The molecule has 0 aromatic rings. The second-order valence-corrected chi connectivity index (χ2v) is 12.3. The zero-order chi connectivity index (χ0) is 22.6. The molecule has 4 heterocycles. The van der Waals surface area contributed by atoms with E-state index in [0.717, 1.165) is 25.0 Å². The maximum Gasteiger partial charge on any atom is 0.201 e. The van der Waals surface area contributed by atoms with E-state index >= 15 is 0 Å². The van der Waals surface area contributed by atoms with Crippen molar-refractivity contribution in [1.29, 1.82) is 0 Å². The summed E-state index contributed by atoms with van der Waals surface area (Å²) in [4.78, 5) is 12.2. The minimum Gasteiger partial charge on any atom is -0.396 e. The standard InChI is InChI=1S/C26H46O5S/c1-19-13-14-22-20(2)23(32-18-12-10-8-6-4-5-7-9-11-17-27)28-24-26(22)21(19)15-16-25(3,29-24)30-31-26/h19-24,27H,4-18H2,1-3H3/t19-,20-,21+,22+,23+,24-,25?,26-/m1/s1. The maximum atomic E-state index is 8.83. The first-order valence-electron chi connectivity index (χ1n) is 13.4. The van der Waals surface area contributed by atoms with Gasteiger partial charge in [-0.25, -0.2) is 9.78 Å². The molecule has 0 aromatic heterocycles. The van der Waals surface area contributed by atoms with Crippen molar-refractivity contribution < 1.29 is 24.4 Å². The molecule has 1 spiro atoms. The van der Waals surface area contributed by atoms with E-state index in [2.05, 4.69) is 13.8 Å². The normalized spacial score (nSPS) is 43.1. The lowest BCUT2D eigenvalue weighted by molar-refractivity contribution is -0.568. The topological polar surface area (TPSA) is 57.2 Å². The van der Waals surface area contributed by atoms with Gasteiger partial charge in [-0.05, 0) is 62.5 Å². The smallest absolute Gasteiger partial charge is 0.201 e. The van der Waals surface area contributed by atoms with Gasteiger partial charge in [0.25, 0.3) is 0 Å². The van der Waals surface area contributed by atoms with Gasteiger partial charge in [-0.15, -0.1) is 11.8 Å². The van der Waals surface area contributed by atoms with Crippen LogP contribution in [0.5, 0.6) is 0 Å². The van der Waals surface area contributed by atoms with Crippen LogP contribution >= 0.6 is 11.8 Å². The summed E-state index contributed by atoms with van der Waals surface area (Å²) in [5, 5.41) is 8.83. The molecule has 8 atom stereocenters. The number of aliphatic hydroxyl groups excluding tert-OH is 1. The van der Waals surface area contributed by atoms with Gasteiger partial charge in [0.15, 0.2) is 11.9 Å². The van der Waals surface area contributed by atoms with Crippen molar-refractivity contribution >= 4 is 11.8 Å². The van der Waals surface area contributed by atoms with Gasteiger partial charge in [-0.3, -0.25) is 0 Å². The Bertz CT molecular complexity index is 591. The minimum absolute atomic E-state index is 0.183. The highest BCUT2D eigenvalue weighted by molar-refractivity contribution is 7.99. The van der Waals surface area contributed by atoms with Crippen LogP contribution in [-0.2, 0) is 19.2 Å². The molecule has 5 nitrogen and oxygen atoms in total. The third-order valence-electron chi connectivity index (χ3n) is 8.68. The van der Waals surface area contributed by atoms with E-state index < -0.39 is 11.4 Å². The highest BCUT2D eigenvalue weighted by Gasteiger charge is 2.69. The summed E-state index contributed by atoms with van der Waals surface area (Å²) >= 11 is 1.99. The molecule has 4 saturated heterocycles. The van der Waals surface area contributed by atoms with Gasteiger partial charge < -0.3 is 14.6 Å². The summed E-state index contributed by atoms with van der Waals surface area (Å²) in [5.74, 6) is 2.44. The molecular formula is C26H46O5S. The Hall–Kier alpha value is 0.150. The summed E-state index contributed by atoms with van der Waals surface area (Å²) in [5.41, 5.74) is -0.246. The molecule has 5 fully saturated rings. The Labute approximate surface area is 199 Å². The van der Waals surface area contributed by atoms with Crippen molar-refractivity contribution in [2.45, 2.75) is 127 Å². The summed E-state index contributed by atoms with van der Waals surface area (Å²) in [6.07, 6.45) is 15.4. The first-order chi connectivity index (χ1) is 15.5. The van der Waals surface area contributed by atoms with E-state index in [0.29, 0.717) is 30.3 Å². The highest BCUT2D eigenvalue weighted by atomic mass is 32.2. The number of hydrogen-bond acceptors (Lipinski definition) is 6. The SMILES string of the molecule is C[C@H]1[C@H](SCCCCCCCCCCCO)O[C@@H]2OC3(C)CC[C@H]4[C@H](C)CC[C@@H]1[C@@]24OO3. The first kappa shape index (κ1) is 25.2. The minimum atomic E-state index is -0.675. The molecule has 1 saturated carbocycles. The Morgan fingerprint density at radius 2 is 1.53 bits per heavy atom. The quantitative estimate of drug-likeness (QED) is 0.262. The number of hydrogen-bond donors (Lipinski definition) is 1. The van der Waals surface area contributed by atoms with Gasteiger partial charge in [-0.1, -0.05) is 58.8 Å². The first-order valence-corrected chi connectivity index (χ1v) is 14.5. The molecule has 2 bridgehead atoms. The van der Waals surface area contributed by atoms with Crippen LogP contribution in [0.15, 0.2) is 0 Å². The van der Waals surface area contributed by atoms with Crippen LogP contribution in [0.3, 0.4) is 0 Å². The van der Waals surface area contributed by atoms with Crippen LogP contribution in [0.1, 0.15) is 104 Å². The number of unbranched alkanes of at least 4 members (excludes halogenated alkanes) is 8. The molecule has 5 rings (SSSR count). The molecule has 0 radical (unpaired) electrons. The number of fused-ring (bicyclic) bond motifs is 2. The van der Waals surface area contributed by atoms with E-state index in [-0.39, 0.29) is 11.7 Å². The van der Waals surface area contributed by atoms with Crippen LogP contribution in [0.2, 0.25) is 0 Å². The van der Waals surface area contributed by atoms with Crippen molar-refractivity contribution in [3.05, 3.63) is 0 Å². The van der Waals surface area contributed by atoms with Crippen molar-refractivity contribution in [1.82, 2.24) is 0 Å². The Morgan fingerprint density at radius 1 is 0.844 bits per heavy atom. The molecule has 0 amide bonds. The molecule has 1 N–H and O–H groups in total. The van der Waals surface area contributed by atoms with Crippen molar-refractivity contribution in [2.24, 2.45) is 23.7 Å². The Kier molecular flexibility index (Phi) is 8.88. The van der Waals surface area contributed by atoms with Crippen LogP contribution in [0.4, 0.5) is 0 Å². The molecule has 1 unspecified atom stereocenters. The van der Waals surface area contributed by atoms with Crippen LogP contribution < -0.4 is 0 Å². The fourth-order valence-corrected chi connectivity index (χ4v) is 7.99. The molecule has 1 aliphatic carbocycles. The molecule has 6 heteroatoms. The Balaban J connectivity index is 1.23. The van der Waals surface area contributed by atoms with E-state index in [1.807, 2.05) is 18.7 Å². The van der Waals surface area contributed by atoms with Gasteiger partial charge >= 0.3 is 0 Å². The molecular weight excluding hydrogens is 424 g/mol. The average Bonchev–Trinajstić information content (AvgIpc) is 3.01. The lowest BCUT2D eigenvalue weighted by Crippen LogP contribution is -2.70. The monoisotopic (exact) mass is 470 g/mol. The molecule has 186 valence electrons. The second kappa shape index (κ2) is 11.3. The van der Waals surface area contributed by atoms with Crippen LogP contribution in [0.25, 0.3) is 0 Å². The van der Waals surface area contributed by atoms with Crippen molar-refractivity contribution in [3.8, 4) is 0 Å². The van der Waals surface area contributed by atoms with Gasteiger partial charge in [0, 0.05) is 18.9 Å². The average molecular weight is 471 g/mol. The lowest BCUT2D eigenvalue weighted by Gasteiger charge is -2.60. The Morgan fingerprint density at radius 3 is 2.25 bits per heavy atom. The third kappa shape index (κ3) is 5.21. The van der Waals surface area contributed by atoms with E-state index in [4.69, 9.17) is 24.4 Å². The van der Waals surface area contributed by atoms with Crippen molar-refractivity contribution in [2.75, 3.05) is 12.4 Å². The van der Waals surface area contributed by atoms with E-state index in [1.54, 1.807) is 0 Å². The highest BCUT2D eigenvalue weighted by Crippen LogP contribution is 2.61. The van der Waals surface area contributed by atoms with Crippen LogP contribution in [0, 0.1) is 23.7 Å². The van der Waals surface area contributed by atoms with Gasteiger partial charge in [-0.2, -0.15) is 0 Å². The predicted octanol–water partition coefficient (Wildman–Crippen LogP) is 6.43. The zero-order valence-electron chi connectivity index (χ0n) is 20.6. The summed E-state index contributed by atoms with van der Waals surface area (Å²) in [7, 11) is 0. The fourth-order valence-electron chi connectivity index (χ4n) is 6.71. The van der Waals surface area contributed by atoms with E-state index in [1.165, 1.54) is 64.2 Å². The molecule has 0 aromatic carbocycles. The number of ether oxygens (including phenoxy) is 2. The van der Waals surface area contributed by atoms with Gasteiger partial charge in [0.2, 0.25) is 5.79 Å². The van der Waals surface area contributed by atoms with Gasteiger partial charge in [0.05, 0.1) is 0 Å². The van der Waals surface area contributed by atoms with Crippen LogP contribution in [-0.4, -0.2) is 40.6 Å². The molecule has 4 aliphatic heterocycles. The predicted molar refractivity (Wildman–Crippen MR) is 128 cm³/mol. The number of rotatable bonds is 12. The maximum absolute atomic E-state index is 8.83. The summed E-state index contributed by atoms with van der Waals surface area (Å²) in [6.45, 7) is 7.08. The summed E-state index contributed by atoms with van der Waals surface area (Å²) < 4.78 is 13.1. The van der Waals surface area contributed by atoms with Crippen molar-refractivity contribution in [3.63, 3.8) is 0 Å². The zero-order valence-corrected chi connectivity index (χ0v) is 21.4. The van der Waals surface area contributed by atoms with E-state index in [9.17, 15) is 0 Å². The summed E-state index contributed by atoms with van der Waals surface area (Å²) in [6, 6.07) is 0. The third-order valence-corrected chi connectivity index (χ3v) is 10.1. The number of thioether (sulfide) groups is 1.